The van der Waals surface area contributed by atoms with E-state index in [4.69, 9.17) is 0 Å². The first-order chi connectivity index (χ1) is 0. The summed E-state index contributed by atoms with van der Waals surface area (Å²) >= 11 is 0. The van der Waals surface area contributed by atoms with Crippen molar-refractivity contribution >= 4 is 75.5 Å². The van der Waals surface area contributed by atoms with E-state index in [9.17, 15) is 0 Å². The largest absolute Gasteiger partial charge is 0.197 e. The molecule has 0 saturated carbocycles. The maximum absolute atomic E-state index is 0. The minimum atomic E-state index is 0. The molecule has 0 aliphatic heterocycles. The molecule has 0 bridgehead atoms. The summed E-state index contributed by atoms with van der Waals surface area (Å²) in [4.78, 5) is 0. The molecule has 0 atom stereocenters. The molecule has 0 saturated heterocycles. The van der Waals surface area contributed by atoms with Crippen molar-refractivity contribution in [1.29, 1.82) is 0 Å². The molecule has 7 heavy (non-hydrogen) atoms. The van der Waals surface area contributed by atoms with E-state index < -0.39 is 0 Å². The van der Waals surface area contributed by atoms with E-state index in [1.165, 1.54) is 0 Å². The molecule has 0 aromatic rings. The predicted molar refractivity (Wildman–Crippen MR) is 46.6 cm³/mol. The third-order valence-corrected chi connectivity index (χ3v) is 0. The van der Waals surface area contributed by atoms with Crippen molar-refractivity contribution in [3.63, 3.8) is 0 Å². The van der Waals surface area contributed by atoms with Gasteiger partial charge in [-0.15, -0.1) is 62.0 Å². The van der Waals surface area contributed by atoms with E-state index in [0.29, 0.717) is 0 Å². The third-order valence-electron chi connectivity index (χ3n) is 0. The summed E-state index contributed by atoms with van der Waals surface area (Å²) in [5.74, 6) is 0. The van der Waals surface area contributed by atoms with Crippen LogP contribution in [0.25, 0.3) is 0 Å². The monoisotopic (exact) mass is 312 g/mol. The van der Waals surface area contributed by atoms with E-state index in [1.54, 1.807) is 0 Å². The average molecular weight is 312 g/mol. The van der Waals surface area contributed by atoms with Crippen LogP contribution < -0.4 is 0 Å². The van der Waals surface area contributed by atoms with Crippen molar-refractivity contribution in [3.8, 4) is 0 Å². The molecule has 0 amide bonds. The van der Waals surface area contributed by atoms with Crippen molar-refractivity contribution in [2.75, 3.05) is 0 Å². The van der Waals surface area contributed by atoms with Gasteiger partial charge in [-0.2, -0.15) is 13.5 Å². The minimum absolute atomic E-state index is 0. The molecular formula is H7Cl5MoS. The summed E-state index contributed by atoms with van der Waals surface area (Å²) in [6.45, 7) is 0. The second-order valence-corrected chi connectivity index (χ2v) is 0. The molecule has 0 spiro atoms. The van der Waals surface area contributed by atoms with Gasteiger partial charge in [0.15, 0.2) is 0 Å². The number of hydrogen-bond donors (Lipinski definition) is 0. The Morgan fingerprint density at radius 1 is 0.429 bits per heavy atom. The van der Waals surface area contributed by atoms with E-state index in [0.717, 1.165) is 0 Å². The summed E-state index contributed by atoms with van der Waals surface area (Å²) in [7, 11) is 0. The van der Waals surface area contributed by atoms with Crippen molar-refractivity contribution in [2.45, 2.75) is 0 Å². The Kier molecular flexibility index (Phi) is 1210. The molecule has 0 unspecified atom stereocenters. The van der Waals surface area contributed by atoms with Gasteiger partial charge in [0, 0.05) is 21.1 Å². The molecule has 54 valence electrons. The third kappa shape index (κ3) is 57.7. The zero-order valence-electron chi connectivity index (χ0n) is 2.95. The van der Waals surface area contributed by atoms with Gasteiger partial charge in [0.1, 0.15) is 0 Å². The van der Waals surface area contributed by atoms with Crippen LogP contribution in [0.3, 0.4) is 0 Å². The Morgan fingerprint density at radius 2 is 0.429 bits per heavy atom. The Balaban J connectivity index is 0. The molecule has 0 aliphatic carbocycles. The van der Waals surface area contributed by atoms with Crippen LogP contribution in [0.1, 0.15) is 0 Å². The number of rotatable bonds is 0. The average Bonchev–Trinajstić information content (AvgIpc) is 0. The molecule has 0 aromatic carbocycles. The van der Waals surface area contributed by atoms with Crippen LogP contribution in [0.2, 0.25) is 0 Å². The molecule has 0 aromatic heterocycles. The van der Waals surface area contributed by atoms with Crippen LogP contribution in [0, 0.1) is 0 Å². The summed E-state index contributed by atoms with van der Waals surface area (Å²) in [5, 5.41) is 0. The van der Waals surface area contributed by atoms with E-state index in [1.807, 2.05) is 0 Å². The van der Waals surface area contributed by atoms with Gasteiger partial charge in [-0.1, -0.05) is 0 Å². The van der Waals surface area contributed by atoms with Crippen molar-refractivity contribution in [3.05, 3.63) is 0 Å². The zero-order valence-corrected chi connectivity index (χ0v) is 10.0. The van der Waals surface area contributed by atoms with Gasteiger partial charge in [-0.25, -0.2) is 0 Å². The van der Waals surface area contributed by atoms with Gasteiger partial charge in [0.25, 0.3) is 0 Å². The van der Waals surface area contributed by atoms with Gasteiger partial charge in [0.05, 0.1) is 0 Å². The fraction of sp³-hybridized carbons (Fsp3) is 0. The Morgan fingerprint density at radius 3 is 0.429 bits per heavy atom. The maximum Gasteiger partial charge on any atom is 0 e. The van der Waals surface area contributed by atoms with Gasteiger partial charge in [-0.3, -0.25) is 0 Å². The SMILES string of the molecule is Cl.Cl.Cl.Cl.Cl.S.[Mo]. The molecule has 7 heteroatoms. The van der Waals surface area contributed by atoms with Crippen LogP contribution in [-0.2, 0) is 21.1 Å². The smallest absolute Gasteiger partial charge is 0 e. The maximum atomic E-state index is 0. The van der Waals surface area contributed by atoms with Gasteiger partial charge >= 0.3 is 0 Å². The molecule has 0 heterocycles. The van der Waals surface area contributed by atoms with Crippen LogP contribution >= 0.6 is 75.5 Å². The first-order valence-corrected chi connectivity index (χ1v) is 0. The van der Waals surface area contributed by atoms with Gasteiger partial charge in [-0.05, 0) is 0 Å². The molecule has 0 nitrogen and oxygen atoms in total. The Hall–Kier alpha value is 2.49. The van der Waals surface area contributed by atoms with Crippen LogP contribution in [-0.4, -0.2) is 0 Å². The first kappa shape index (κ1) is 110. The summed E-state index contributed by atoms with van der Waals surface area (Å²) < 4.78 is 0. The second kappa shape index (κ2) is 76.9. The quantitative estimate of drug-likeness (QED) is 0.602. The van der Waals surface area contributed by atoms with Crippen LogP contribution in [0.4, 0.5) is 0 Å². The van der Waals surface area contributed by atoms with Crippen molar-refractivity contribution in [1.82, 2.24) is 0 Å². The van der Waals surface area contributed by atoms with Crippen LogP contribution in [0.15, 0.2) is 0 Å². The summed E-state index contributed by atoms with van der Waals surface area (Å²) in [5.41, 5.74) is 0. The first-order valence-electron chi connectivity index (χ1n) is 0. The zero-order chi connectivity index (χ0) is 0. The molecular weight excluding hydrogens is 305 g/mol. The fourth-order valence-corrected chi connectivity index (χ4v) is 0. The summed E-state index contributed by atoms with van der Waals surface area (Å²) in [6.07, 6.45) is 0. The topological polar surface area (TPSA) is 0 Å². The Labute approximate surface area is 95.7 Å². The van der Waals surface area contributed by atoms with Gasteiger partial charge in [0.2, 0.25) is 0 Å². The number of halogens is 5. The van der Waals surface area contributed by atoms with E-state index >= 15 is 0 Å². The van der Waals surface area contributed by atoms with Crippen molar-refractivity contribution < 1.29 is 21.1 Å². The summed E-state index contributed by atoms with van der Waals surface area (Å²) in [6, 6.07) is 0. The second-order valence-electron chi connectivity index (χ2n) is 0. The Bertz CT molecular complexity index is 8.04. The minimum Gasteiger partial charge on any atom is -0.197 e. The normalized spacial score (nSPS) is 0. The molecule has 0 aliphatic rings. The van der Waals surface area contributed by atoms with Crippen LogP contribution in [0.5, 0.6) is 0 Å². The predicted octanol–water partition coefficient (Wildman–Crippen LogP) is 2.22. The molecule has 0 rings (SSSR count). The molecule has 0 N–H and O–H groups in total. The van der Waals surface area contributed by atoms with E-state index in [2.05, 4.69) is 0 Å². The molecule has 0 radical (unpaired) electrons. The standard InChI is InChI=1S/5ClH.Mo.H2S/h5*1H;;1H2. The fourth-order valence-electron chi connectivity index (χ4n) is 0. The van der Waals surface area contributed by atoms with Gasteiger partial charge < -0.3 is 0 Å². The van der Waals surface area contributed by atoms with E-state index in [-0.39, 0.29) is 96.6 Å². The number of hydrogen-bond acceptors (Lipinski definition) is 0. The molecule has 0 fully saturated rings. The van der Waals surface area contributed by atoms with Crippen molar-refractivity contribution in [2.24, 2.45) is 0 Å².